The van der Waals surface area contributed by atoms with E-state index in [1.165, 1.54) is 6.92 Å². The highest BCUT2D eigenvalue weighted by atomic mass is 16.5. The number of likely N-dealkylation sites (tertiary alicyclic amines) is 1. The molecule has 1 unspecified atom stereocenters. The molecule has 0 spiro atoms. The number of aliphatic hydroxyl groups excluding tert-OH is 1. The van der Waals surface area contributed by atoms with Crippen LogP contribution in [0.25, 0.3) is 0 Å². The number of hydrogen-bond acceptors (Lipinski definition) is 6. The van der Waals surface area contributed by atoms with E-state index in [1.807, 2.05) is 0 Å². The molecule has 4 N–H and O–H groups in total. The number of anilines is 1. The van der Waals surface area contributed by atoms with Gasteiger partial charge < -0.3 is 25.4 Å². The van der Waals surface area contributed by atoms with Gasteiger partial charge in [0.05, 0.1) is 0 Å². The van der Waals surface area contributed by atoms with Crippen molar-refractivity contribution in [2.75, 3.05) is 31.6 Å². The van der Waals surface area contributed by atoms with Crippen LogP contribution in [0.1, 0.15) is 30.1 Å². The van der Waals surface area contributed by atoms with Gasteiger partial charge in [0.1, 0.15) is 18.5 Å². The number of hydrogen-bond donors (Lipinski definition) is 4. The van der Waals surface area contributed by atoms with Gasteiger partial charge in [-0.25, -0.2) is 4.79 Å². The summed E-state index contributed by atoms with van der Waals surface area (Å²) in [5.41, 5.74) is 1.12. The van der Waals surface area contributed by atoms with Gasteiger partial charge in [0.15, 0.2) is 0 Å². The van der Waals surface area contributed by atoms with E-state index in [9.17, 15) is 19.5 Å². The van der Waals surface area contributed by atoms with E-state index >= 15 is 0 Å². The summed E-state index contributed by atoms with van der Waals surface area (Å²) in [6, 6.07) is 15.0. The smallest absolute Gasteiger partial charge is 0.321 e. The van der Waals surface area contributed by atoms with Gasteiger partial charge in [-0.2, -0.15) is 0 Å². The van der Waals surface area contributed by atoms with Gasteiger partial charge in [0, 0.05) is 43.9 Å². The summed E-state index contributed by atoms with van der Waals surface area (Å²) >= 11 is 0. The molecule has 33 heavy (non-hydrogen) atoms. The summed E-state index contributed by atoms with van der Waals surface area (Å²) in [7, 11) is 0. The van der Waals surface area contributed by atoms with Gasteiger partial charge in [0.25, 0.3) is 5.91 Å². The number of imide groups is 1. The average molecular weight is 455 g/mol. The Morgan fingerprint density at radius 3 is 2.36 bits per heavy atom. The molecule has 9 nitrogen and oxygen atoms in total. The fourth-order valence-corrected chi connectivity index (χ4v) is 3.63. The highest BCUT2D eigenvalue weighted by Gasteiger charge is 2.23. The topological polar surface area (TPSA) is 120 Å². The Morgan fingerprint density at radius 1 is 1.06 bits per heavy atom. The summed E-state index contributed by atoms with van der Waals surface area (Å²) in [5, 5.41) is 18.2. The van der Waals surface area contributed by atoms with Crippen LogP contribution in [-0.2, 0) is 4.79 Å². The molecule has 0 aromatic heterocycles. The van der Waals surface area contributed by atoms with Crippen molar-refractivity contribution in [3.8, 4) is 5.75 Å². The second-order valence-electron chi connectivity index (χ2n) is 8.04. The fourth-order valence-electron chi connectivity index (χ4n) is 3.63. The van der Waals surface area contributed by atoms with Crippen molar-refractivity contribution in [2.24, 2.45) is 0 Å². The maximum atomic E-state index is 12.1. The summed E-state index contributed by atoms with van der Waals surface area (Å²) in [4.78, 5) is 37.3. The number of ether oxygens (including phenoxy) is 1. The molecule has 0 radical (unpaired) electrons. The maximum absolute atomic E-state index is 12.1. The van der Waals surface area contributed by atoms with Gasteiger partial charge in [-0.3, -0.25) is 14.9 Å². The molecule has 3 rings (SSSR count). The molecule has 176 valence electrons. The zero-order valence-electron chi connectivity index (χ0n) is 18.6. The number of β-amino-alcohol motifs (C(OH)–C–C–N with tert-alkyl or cyclic N) is 1. The van der Waals surface area contributed by atoms with Crippen LogP contribution < -0.4 is 20.7 Å². The summed E-state index contributed by atoms with van der Waals surface area (Å²) in [6.07, 6.45) is 0.798. The monoisotopic (exact) mass is 454 g/mol. The number of nitrogens with one attached hydrogen (secondary N) is 3. The summed E-state index contributed by atoms with van der Waals surface area (Å²) in [5.74, 6) is 0.0416. The first-order valence-corrected chi connectivity index (χ1v) is 11.0. The zero-order valence-corrected chi connectivity index (χ0v) is 18.6. The highest BCUT2D eigenvalue weighted by molar-refractivity contribution is 6.04. The molecule has 9 heteroatoms. The molecule has 1 fully saturated rings. The van der Waals surface area contributed by atoms with Crippen LogP contribution in [0.4, 0.5) is 10.5 Å². The van der Waals surface area contributed by atoms with Crippen LogP contribution in [0.3, 0.4) is 0 Å². The Kier molecular flexibility index (Phi) is 8.79. The molecule has 0 saturated carbocycles. The van der Waals surface area contributed by atoms with Crippen molar-refractivity contribution in [3.05, 3.63) is 60.2 Å². The molecule has 1 aliphatic rings. The third-order valence-electron chi connectivity index (χ3n) is 5.27. The highest BCUT2D eigenvalue weighted by Crippen LogP contribution is 2.16. The Morgan fingerprint density at radius 2 is 1.73 bits per heavy atom. The number of carbonyl (C=O) groups is 3. The van der Waals surface area contributed by atoms with E-state index in [1.54, 1.807) is 54.6 Å². The normalized spacial score (nSPS) is 15.3. The van der Waals surface area contributed by atoms with E-state index in [4.69, 9.17) is 4.74 Å². The third-order valence-corrected chi connectivity index (χ3v) is 5.27. The molecular formula is C24H30N4O5. The van der Waals surface area contributed by atoms with Crippen molar-refractivity contribution < 1.29 is 24.2 Å². The number of rotatable bonds is 8. The van der Waals surface area contributed by atoms with Crippen LogP contribution in [0.15, 0.2) is 54.6 Å². The molecule has 0 bridgehead atoms. The molecule has 1 heterocycles. The van der Waals surface area contributed by atoms with Gasteiger partial charge in [-0.1, -0.05) is 18.2 Å². The van der Waals surface area contributed by atoms with Crippen molar-refractivity contribution >= 4 is 23.5 Å². The standard InChI is InChI=1S/C24H30N4O5/c1-17(29)25-19-7-9-22(10-8-19)33-16-21(30)15-28-13-11-20(12-14-28)26-24(32)27-23(31)18-5-3-2-4-6-18/h2-10,20-21,30H,11-16H2,1H3,(H,25,29)(H2,26,27,31,32). The van der Waals surface area contributed by atoms with E-state index in [2.05, 4.69) is 20.9 Å². The largest absolute Gasteiger partial charge is 0.491 e. The number of amides is 4. The third kappa shape index (κ3) is 8.21. The van der Waals surface area contributed by atoms with Crippen LogP contribution in [0.5, 0.6) is 5.75 Å². The van der Waals surface area contributed by atoms with Gasteiger partial charge >= 0.3 is 6.03 Å². The molecule has 1 saturated heterocycles. The van der Waals surface area contributed by atoms with Gasteiger partial charge in [-0.15, -0.1) is 0 Å². The lowest BCUT2D eigenvalue weighted by Gasteiger charge is -2.33. The van der Waals surface area contributed by atoms with E-state index in [0.29, 0.717) is 23.5 Å². The molecular weight excluding hydrogens is 424 g/mol. The maximum Gasteiger partial charge on any atom is 0.321 e. The molecule has 1 aliphatic heterocycles. The quantitative estimate of drug-likeness (QED) is 0.484. The van der Waals surface area contributed by atoms with Crippen LogP contribution in [-0.4, -0.2) is 66.2 Å². The molecule has 2 aromatic carbocycles. The Hall–Kier alpha value is -3.43. The lowest BCUT2D eigenvalue weighted by Crippen LogP contribution is -2.50. The first kappa shape index (κ1) is 24.2. The minimum absolute atomic E-state index is 0.0275. The number of aliphatic hydroxyl groups is 1. The molecule has 0 aliphatic carbocycles. The first-order chi connectivity index (χ1) is 15.9. The van der Waals surface area contributed by atoms with Gasteiger partial charge in [-0.05, 0) is 49.2 Å². The molecule has 2 aromatic rings. The van der Waals surface area contributed by atoms with Crippen LogP contribution in [0, 0.1) is 0 Å². The predicted molar refractivity (Wildman–Crippen MR) is 124 cm³/mol. The second kappa shape index (κ2) is 12.0. The Bertz CT molecular complexity index is 928. The fraction of sp³-hybridized carbons (Fsp3) is 0.375. The molecule has 4 amide bonds. The van der Waals surface area contributed by atoms with E-state index < -0.39 is 18.0 Å². The number of benzene rings is 2. The van der Waals surface area contributed by atoms with E-state index in [0.717, 1.165) is 25.9 Å². The lowest BCUT2D eigenvalue weighted by molar-refractivity contribution is -0.114. The first-order valence-electron chi connectivity index (χ1n) is 11.0. The van der Waals surface area contributed by atoms with Gasteiger partial charge in [0.2, 0.25) is 5.91 Å². The number of piperidine rings is 1. The van der Waals surface area contributed by atoms with Crippen molar-refractivity contribution in [1.29, 1.82) is 0 Å². The average Bonchev–Trinajstić information content (AvgIpc) is 2.80. The Labute approximate surface area is 193 Å². The summed E-state index contributed by atoms with van der Waals surface area (Å²) in [6.45, 7) is 3.51. The zero-order chi connectivity index (χ0) is 23.6. The second-order valence-corrected chi connectivity index (χ2v) is 8.04. The summed E-state index contributed by atoms with van der Waals surface area (Å²) < 4.78 is 5.63. The Balaban J connectivity index is 1.33. The predicted octanol–water partition coefficient (Wildman–Crippen LogP) is 1.99. The number of nitrogens with zero attached hydrogens (tertiary/aromatic N) is 1. The van der Waals surface area contributed by atoms with E-state index in [-0.39, 0.29) is 18.6 Å². The number of carbonyl (C=O) groups excluding carboxylic acids is 3. The lowest BCUT2D eigenvalue weighted by atomic mass is 10.0. The SMILES string of the molecule is CC(=O)Nc1ccc(OCC(O)CN2CCC(NC(=O)NC(=O)c3ccccc3)CC2)cc1. The molecule has 1 atom stereocenters. The minimum Gasteiger partial charge on any atom is -0.491 e. The van der Waals surface area contributed by atoms with Crippen molar-refractivity contribution in [3.63, 3.8) is 0 Å². The van der Waals surface area contributed by atoms with Crippen LogP contribution in [0.2, 0.25) is 0 Å². The minimum atomic E-state index is -0.656. The number of urea groups is 1. The van der Waals surface area contributed by atoms with Crippen molar-refractivity contribution in [1.82, 2.24) is 15.5 Å². The van der Waals surface area contributed by atoms with Crippen molar-refractivity contribution in [2.45, 2.75) is 31.9 Å². The van der Waals surface area contributed by atoms with Crippen LogP contribution >= 0.6 is 0 Å².